The molecule has 7 rings (SSSR count). The van der Waals surface area contributed by atoms with Crippen LogP contribution in [0.5, 0.6) is 0 Å². The lowest BCUT2D eigenvalue weighted by Crippen LogP contribution is -2.47. The highest BCUT2D eigenvalue weighted by atomic mass is 79.9. The van der Waals surface area contributed by atoms with Crippen molar-refractivity contribution in [3.8, 4) is 0 Å². The highest BCUT2D eigenvalue weighted by Crippen LogP contribution is 2.54. The van der Waals surface area contributed by atoms with Gasteiger partial charge in [-0.1, -0.05) is 52.4 Å². The molecule has 218 valence electrons. The van der Waals surface area contributed by atoms with E-state index < -0.39 is 36.2 Å². The Labute approximate surface area is 251 Å². The normalized spacial score (nSPS) is 34.1. The Hall–Kier alpha value is -3.40. The predicted molar refractivity (Wildman–Crippen MR) is 151 cm³/mol. The number of fused-ring (bicyclic) bond motifs is 10. The van der Waals surface area contributed by atoms with Gasteiger partial charge < -0.3 is 4.74 Å². The number of likely N-dealkylation sites (tertiary alicyclic amines) is 2. The van der Waals surface area contributed by atoms with Crippen LogP contribution in [0.1, 0.15) is 42.5 Å². The average Bonchev–Trinajstić information content (AvgIpc) is 3.83. The smallest absolute Gasteiger partial charge is 0.329 e. The lowest BCUT2D eigenvalue weighted by Gasteiger charge is -2.26. The Morgan fingerprint density at radius 2 is 1.26 bits per heavy atom. The van der Waals surface area contributed by atoms with Crippen molar-refractivity contribution in [1.29, 1.82) is 0 Å². The number of Topliss-reactive ketones (excluding diaryl/α,β-unsaturated/α-hetero) is 1. The zero-order valence-electron chi connectivity index (χ0n) is 22.9. The summed E-state index contributed by atoms with van der Waals surface area (Å²) in [5.41, 5.74) is 0.376. The number of nitrogens with zero attached hydrogens (tertiary/aromatic N) is 2. The van der Waals surface area contributed by atoms with Gasteiger partial charge in [0.25, 0.3) is 0 Å². The molecule has 2 aliphatic heterocycles. The van der Waals surface area contributed by atoms with Crippen molar-refractivity contribution in [3.63, 3.8) is 0 Å². The fourth-order valence-corrected chi connectivity index (χ4v) is 8.59. The van der Waals surface area contributed by atoms with Crippen LogP contribution in [0.15, 0.2) is 53.0 Å². The first kappa shape index (κ1) is 27.4. The average molecular weight is 636 g/mol. The molecule has 2 saturated carbocycles. The van der Waals surface area contributed by atoms with Crippen molar-refractivity contribution in [2.45, 2.75) is 38.1 Å². The Morgan fingerprint density at radius 1 is 0.762 bits per heavy atom. The fourth-order valence-electron chi connectivity index (χ4n) is 8.33. The number of hydrogen-bond donors (Lipinski definition) is 0. The highest BCUT2D eigenvalue weighted by Gasteiger charge is 2.61. The van der Waals surface area contributed by atoms with Crippen LogP contribution in [0.25, 0.3) is 0 Å². The van der Waals surface area contributed by atoms with Gasteiger partial charge in [0.2, 0.25) is 23.6 Å². The molecule has 4 amide bonds. The minimum absolute atomic E-state index is 0.00599. The van der Waals surface area contributed by atoms with E-state index in [1.165, 1.54) is 4.90 Å². The third-order valence-electron chi connectivity index (χ3n) is 10.3. The third kappa shape index (κ3) is 4.24. The topological polar surface area (TPSA) is 118 Å². The molecule has 2 saturated heterocycles. The maximum atomic E-state index is 13.5. The van der Waals surface area contributed by atoms with Gasteiger partial charge >= 0.3 is 5.97 Å². The van der Waals surface area contributed by atoms with E-state index >= 15 is 0 Å². The predicted octanol–water partition coefficient (Wildman–Crippen LogP) is 3.33. The molecule has 0 spiro atoms. The molecule has 0 unspecified atom stereocenters. The number of ketones is 1. The summed E-state index contributed by atoms with van der Waals surface area (Å²) in [4.78, 5) is 81.6. The number of carbonyl (C=O) groups excluding carboxylic acids is 6. The Balaban J connectivity index is 1.02. The lowest BCUT2D eigenvalue weighted by atomic mass is 9.85. The molecule has 4 bridgehead atoms. The summed E-state index contributed by atoms with van der Waals surface area (Å²) in [5, 5.41) is 0. The zero-order valence-corrected chi connectivity index (χ0v) is 24.5. The molecule has 10 heteroatoms. The fraction of sp³-hybridized carbons (Fsp3) is 0.500. The first-order chi connectivity index (χ1) is 20.2. The Kier molecular flexibility index (Phi) is 6.79. The molecule has 4 aliphatic carbocycles. The second kappa shape index (κ2) is 10.4. The molecule has 0 radical (unpaired) electrons. The number of imide groups is 2. The van der Waals surface area contributed by atoms with E-state index in [2.05, 4.69) is 28.1 Å². The molecule has 0 aromatic heterocycles. The van der Waals surface area contributed by atoms with E-state index in [0.717, 1.165) is 22.2 Å². The minimum Gasteiger partial charge on any atom is -0.456 e. The summed E-state index contributed by atoms with van der Waals surface area (Å²) in [7, 11) is 0. The molecule has 2 heterocycles. The number of carbonyl (C=O) groups is 6. The summed E-state index contributed by atoms with van der Waals surface area (Å²) >= 11 is 3.32. The molecule has 1 aromatic rings. The number of rotatable bonds is 10. The largest absolute Gasteiger partial charge is 0.456 e. The van der Waals surface area contributed by atoms with Crippen LogP contribution in [0.2, 0.25) is 0 Å². The summed E-state index contributed by atoms with van der Waals surface area (Å²) in [5.74, 6) is -3.34. The van der Waals surface area contributed by atoms with Gasteiger partial charge in [-0.2, -0.15) is 0 Å². The van der Waals surface area contributed by atoms with E-state index in [4.69, 9.17) is 4.74 Å². The van der Waals surface area contributed by atoms with Crippen LogP contribution in [0.3, 0.4) is 0 Å². The van der Waals surface area contributed by atoms with Gasteiger partial charge in [-0.05, 0) is 67.9 Å². The maximum Gasteiger partial charge on any atom is 0.329 e. The van der Waals surface area contributed by atoms with Crippen molar-refractivity contribution in [2.24, 2.45) is 47.3 Å². The van der Waals surface area contributed by atoms with Crippen LogP contribution in [-0.4, -0.2) is 64.4 Å². The number of benzene rings is 1. The molecular formula is C32H31BrN2O7. The monoisotopic (exact) mass is 634 g/mol. The number of allylic oxidation sites excluding steroid dienone is 4. The van der Waals surface area contributed by atoms with Gasteiger partial charge in [0, 0.05) is 16.6 Å². The zero-order chi connectivity index (χ0) is 29.3. The van der Waals surface area contributed by atoms with Crippen LogP contribution >= 0.6 is 15.9 Å². The van der Waals surface area contributed by atoms with Crippen molar-refractivity contribution in [3.05, 3.63) is 58.6 Å². The minimum atomic E-state index is -1.17. The van der Waals surface area contributed by atoms with Crippen LogP contribution in [0, 0.1) is 47.3 Å². The van der Waals surface area contributed by atoms with Gasteiger partial charge in [0.15, 0.2) is 12.4 Å². The quantitative estimate of drug-likeness (QED) is 0.127. The van der Waals surface area contributed by atoms with Crippen molar-refractivity contribution < 1.29 is 33.5 Å². The van der Waals surface area contributed by atoms with Gasteiger partial charge in [-0.3, -0.25) is 33.8 Å². The molecule has 1 aromatic carbocycles. The molecule has 9 nitrogen and oxygen atoms in total. The number of hydrogen-bond acceptors (Lipinski definition) is 7. The van der Waals surface area contributed by atoms with E-state index in [9.17, 15) is 28.8 Å². The second-order valence-electron chi connectivity index (χ2n) is 12.4. The first-order valence-corrected chi connectivity index (χ1v) is 15.6. The molecule has 9 atom stereocenters. The third-order valence-corrected chi connectivity index (χ3v) is 10.8. The molecule has 6 aliphatic rings. The van der Waals surface area contributed by atoms with Gasteiger partial charge in [-0.15, -0.1) is 0 Å². The van der Waals surface area contributed by atoms with Gasteiger partial charge in [-0.25, -0.2) is 4.79 Å². The van der Waals surface area contributed by atoms with Crippen molar-refractivity contribution in [1.82, 2.24) is 9.80 Å². The molecule has 42 heavy (non-hydrogen) atoms. The summed E-state index contributed by atoms with van der Waals surface area (Å²) in [6.07, 6.45) is 10.7. The summed E-state index contributed by atoms with van der Waals surface area (Å²) < 4.78 is 6.22. The lowest BCUT2D eigenvalue weighted by molar-refractivity contribution is -0.159. The summed E-state index contributed by atoms with van der Waals surface area (Å²) in [6, 6.07) is 5.49. The standard InChI is InChI=1S/C32H31BrN2O7/c33-21-10-8-16(9-11-21)23(36)15-42-32(41)22(35-30(39)26-19-6-7-20(14-19)27(26)31(35)40)3-1-2-12-34-28(37)24-17-4-5-18(13-17)25(24)29(34)38/h4-11,17-20,22,24-27H,1-3,12-15H2/t17-,18-,19-,20-,22-,24-,25-,26-,27+/m0/s1. The maximum absolute atomic E-state index is 13.5. The van der Waals surface area contributed by atoms with E-state index in [1.54, 1.807) is 24.3 Å². The van der Waals surface area contributed by atoms with Crippen LogP contribution in [0.4, 0.5) is 0 Å². The number of halogens is 1. The van der Waals surface area contributed by atoms with E-state index in [-0.39, 0.29) is 72.1 Å². The van der Waals surface area contributed by atoms with Gasteiger partial charge in [0.05, 0.1) is 23.7 Å². The first-order valence-electron chi connectivity index (χ1n) is 14.8. The van der Waals surface area contributed by atoms with E-state index in [1.807, 2.05) is 12.2 Å². The Bertz CT molecular complexity index is 1390. The van der Waals surface area contributed by atoms with Crippen LogP contribution in [-0.2, 0) is 28.7 Å². The Morgan fingerprint density at radius 3 is 1.79 bits per heavy atom. The van der Waals surface area contributed by atoms with Crippen LogP contribution < -0.4 is 0 Å². The van der Waals surface area contributed by atoms with Gasteiger partial charge in [0.1, 0.15) is 6.04 Å². The molecule has 4 fully saturated rings. The SMILES string of the molecule is O=C(COC(=O)[C@H](CCCCN1C(=O)[C@@H]2[C@@H](C1=O)[C@H]1C=C[C@H]2C1)N1C(=O)[C@@H]2[C@H](C1=O)[C@H]1C=C[C@H]2C1)c1ccc(Br)cc1. The number of ether oxygens (including phenoxy) is 1. The van der Waals surface area contributed by atoms with Crippen molar-refractivity contribution in [2.75, 3.05) is 13.2 Å². The second-order valence-corrected chi connectivity index (χ2v) is 13.3. The highest BCUT2D eigenvalue weighted by molar-refractivity contribution is 9.10. The van der Waals surface area contributed by atoms with Crippen molar-refractivity contribution >= 4 is 51.3 Å². The molecule has 0 N–H and O–H groups in total. The number of unbranched alkanes of at least 4 members (excludes halogenated alkanes) is 1. The summed E-state index contributed by atoms with van der Waals surface area (Å²) in [6.45, 7) is -0.280. The van der Waals surface area contributed by atoms with E-state index in [0.29, 0.717) is 18.4 Å². The number of esters is 1. The number of amides is 4. The molecular weight excluding hydrogens is 604 g/mol.